The predicted molar refractivity (Wildman–Crippen MR) is 73.6 cm³/mol. The smallest absolute Gasteiger partial charge is 0.408 e. The van der Waals surface area contributed by atoms with Crippen molar-refractivity contribution in [2.45, 2.75) is 52.2 Å². The Bertz CT molecular complexity index is 391. The molecule has 0 saturated heterocycles. The van der Waals surface area contributed by atoms with E-state index in [-0.39, 0.29) is 11.6 Å². The molecule has 100 valence electrons. The molecule has 0 atom stereocenters. The summed E-state index contributed by atoms with van der Waals surface area (Å²) in [5.41, 5.74) is 0.398. The van der Waals surface area contributed by atoms with E-state index in [4.69, 9.17) is 4.74 Å². The lowest BCUT2D eigenvalue weighted by atomic mass is 9.95. The van der Waals surface area contributed by atoms with Gasteiger partial charge in [-0.1, -0.05) is 30.3 Å². The summed E-state index contributed by atoms with van der Waals surface area (Å²) in [6, 6.07) is 10.1. The van der Waals surface area contributed by atoms with Crippen molar-refractivity contribution in [1.82, 2.24) is 5.32 Å². The molecule has 0 fully saturated rings. The zero-order chi connectivity index (χ0) is 13.8. The fourth-order valence-corrected chi connectivity index (χ4v) is 1.73. The van der Waals surface area contributed by atoms with Crippen LogP contribution in [0.2, 0.25) is 0 Å². The largest absolute Gasteiger partial charge is 0.444 e. The maximum atomic E-state index is 11.7. The van der Waals surface area contributed by atoms with Gasteiger partial charge in [0.1, 0.15) is 5.60 Å². The summed E-state index contributed by atoms with van der Waals surface area (Å²) in [6.45, 7) is 9.55. The number of nitrogens with one attached hydrogen (secondary N) is 1. The van der Waals surface area contributed by atoms with E-state index < -0.39 is 5.60 Å². The van der Waals surface area contributed by atoms with Gasteiger partial charge in [0.2, 0.25) is 0 Å². The maximum Gasteiger partial charge on any atom is 0.408 e. The molecule has 0 saturated carbocycles. The molecule has 1 aromatic rings. The third-order valence-corrected chi connectivity index (χ3v) is 2.33. The average molecular weight is 249 g/mol. The molecule has 3 nitrogen and oxygen atoms in total. The molecule has 1 rings (SSSR count). The Morgan fingerprint density at radius 2 is 1.67 bits per heavy atom. The molecule has 0 bridgehead atoms. The van der Waals surface area contributed by atoms with Crippen LogP contribution in [0.1, 0.15) is 40.2 Å². The maximum absolute atomic E-state index is 11.7. The number of amides is 1. The second-order valence-electron chi connectivity index (χ2n) is 6.17. The Balaban J connectivity index is 2.57. The van der Waals surface area contributed by atoms with Crippen LogP contribution < -0.4 is 5.32 Å². The summed E-state index contributed by atoms with van der Waals surface area (Å²) in [5.74, 6) is 0. The summed E-state index contributed by atoms with van der Waals surface area (Å²) in [4.78, 5) is 11.7. The minimum absolute atomic E-state index is 0.330. The molecule has 0 spiro atoms. The molecular weight excluding hydrogens is 226 g/mol. The lowest BCUT2D eigenvalue weighted by Gasteiger charge is -2.28. The lowest BCUT2D eigenvalue weighted by molar-refractivity contribution is 0.0472. The van der Waals surface area contributed by atoms with Crippen molar-refractivity contribution in [3.05, 3.63) is 35.9 Å². The van der Waals surface area contributed by atoms with Gasteiger partial charge in [0, 0.05) is 5.54 Å². The van der Waals surface area contributed by atoms with Crippen LogP contribution in [0.15, 0.2) is 30.3 Å². The summed E-state index contributed by atoms with van der Waals surface area (Å²) in [5, 5.41) is 2.90. The van der Waals surface area contributed by atoms with Gasteiger partial charge in [-0.15, -0.1) is 0 Å². The second-order valence-corrected chi connectivity index (χ2v) is 6.17. The molecule has 1 aromatic carbocycles. The SMILES string of the molecule is CC(C)(Cc1ccccc1)NC(=O)OC(C)(C)C. The Labute approximate surface area is 110 Å². The standard InChI is InChI=1S/C15H23NO2/c1-14(2,3)18-13(17)16-15(4,5)11-12-9-7-6-8-10-12/h6-10H,11H2,1-5H3,(H,16,17). The third kappa shape index (κ3) is 5.71. The van der Waals surface area contributed by atoms with E-state index in [0.29, 0.717) is 0 Å². The molecule has 1 amide bonds. The highest BCUT2D eigenvalue weighted by molar-refractivity contribution is 5.68. The first-order valence-electron chi connectivity index (χ1n) is 6.23. The number of carbonyl (C=O) groups is 1. The normalized spacial score (nSPS) is 12.1. The highest BCUT2D eigenvalue weighted by atomic mass is 16.6. The Kier molecular flexibility index (Phi) is 4.38. The first kappa shape index (κ1) is 14.6. The molecule has 0 aliphatic rings. The van der Waals surface area contributed by atoms with Crippen LogP contribution >= 0.6 is 0 Å². The van der Waals surface area contributed by atoms with Gasteiger partial charge in [0.25, 0.3) is 0 Å². The van der Waals surface area contributed by atoms with E-state index in [9.17, 15) is 4.79 Å². The van der Waals surface area contributed by atoms with Gasteiger partial charge < -0.3 is 10.1 Å². The van der Waals surface area contributed by atoms with Gasteiger partial charge >= 0.3 is 6.09 Å². The number of ether oxygens (including phenoxy) is 1. The van der Waals surface area contributed by atoms with Crippen LogP contribution in [0.4, 0.5) is 4.79 Å². The number of hydrogen-bond acceptors (Lipinski definition) is 2. The minimum atomic E-state index is -0.465. The van der Waals surface area contributed by atoms with Gasteiger partial charge in [0.05, 0.1) is 0 Å². The number of carbonyl (C=O) groups excluding carboxylic acids is 1. The topological polar surface area (TPSA) is 38.3 Å². The van der Waals surface area contributed by atoms with E-state index in [1.54, 1.807) is 0 Å². The number of rotatable bonds is 3. The number of alkyl carbamates (subject to hydrolysis) is 1. The Morgan fingerprint density at radius 1 is 1.11 bits per heavy atom. The first-order valence-corrected chi connectivity index (χ1v) is 6.23. The van der Waals surface area contributed by atoms with Crippen molar-refractivity contribution >= 4 is 6.09 Å². The van der Waals surface area contributed by atoms with E-state index in [1.807, 2.05) is 52.8 Å². The molecule has 0 unspecified atom stereocenters. The Morgan fingerprint density at radius 3 is 2.17 bits per heavy atom. The monoisotopic (exact) mass is 249 g/mol. The second kappa shape index (κ2) is 5.42. The minimum Gasteiger partial charge on any atom is -0.444 e. The Hall–Kier alpha value is -1.51. The van der Waals surface area contributed by atoms with Crippen molar-refractivity contribution in [3.8, 4) is 0 Å². The van der Waals surface area contributed by atoms with Gasteiger partial charge in [-0.25, -0.2) is 4.79 Å². The van der Waals surface area contributed by atoms with E-state index >= 15 is 0 Å². The molecule has 0 aromatic heterocycles. The lowest BCUT2D eigenvalue weighted by Crippen LogP contribution is -2.47. The van der Waals surface area contributed by atoms with Crippen LogP contribution in [0.25, 0.3) is 0 Å². The van der Waals surface area contributed by atoms with Gasteiger partial charge in [-0.05, 0) is 46.6 Å². The van der Waals surface area contributed by atoms with Crippen LogP contribution in [0.5, 0.6) is 0 Å². The van der Waals surface area contributed by atoms with Gasteiger partial charge in [-0.3, -0.25) is 0 Å². The van der Waals surface area contributed by atoms with E-state index in [2.05, 4.69) is 17.4 Å². The molecule has 3 heteroatoms. The molecule has 0 radical (unpaired) electrons. The van der Waals surface area contributed by atoms with Crippen LogP contribution in [0, 0.1) is 0 Å². The molecule has 0 aliphatic heterocycles. The summed E-state index contributed by atoms with van der Waals surface area (Å²) in [7, 11) is 0. The van der Waals surface area contributed by atoms with Crippen molar-refractivity contribution < 1.29 is 9.53 Å². The zero-order valence-corrected chi connectivity index (χ0v) is 11.9. The zero-order valence-electron chi connectivity index (χ0n) is 11.9. The molecule has 1 N–H and O–H groups in total. The molecule has 18 heavy (non-hydrogen) atoms. The fraction of sp³-hybridized carbons (Fsp3) is 0.533. The fourth-order valence-electron chi connectivity index (χ4n) is 1.73. The predicted octanol–water partition coefficient (Wildman–Crippen LogP) is 3.53. The van der Waals surface area contributed by atoms with Gasteiger partial charge in [-0.2, -0.15) is 0 Å². The van der Waals surface area contributed by atoms with Crippen molar-refractivity contribution in [1.29, 1.82) is 0 Å². The van der Waals surface area contributed by atoms with E-state index in [0.717, 1.165) is 6.42 Å². The van der Waals surface area contributed by atoms with Crippen molar-refractivity contribution in [2.75, 3.05) is 0 Å². The summed E-state index contributed by atoms with van der Waals surface area (Å²) < 4.78 is 5.26. The van der Waals surface area contributed by atoms with Crippen molar-refractivity contribution in [3.63, 3.8) is 0 Å². The third-order valence-electron chi connectivity index (χ3n) is 2.33. The molecule has 0 heterocycles. The summed E-state index contributed by atoms with van der Waals surface area (Å²) in [6.07, 6.45) is 0.399. The average Bonchev–Trinajstić information content (AvgIpc) is 2.13. The van der Waals surface area contributed by atoms with Crippen LogP contribution in [-0.4, -0.2) is 17.2 Å². The highest BCUT2D eigenvalue weighted by Crippen LogP contribution is 2.14. The van der Waals surface area contributed by atoms with Crippen molar-refractivity contribution in [2.24, 2.45) is 0 Å². The number of hydrogen-bond donors (Lipinski definition) is 1. The first-order chi connectivity index (χ1) is 8.18. The quantitative estimate of drug-likeness (QED) is 0.890. The molecule has 0 aliphatic carbocycles. The van der Waals surface area contributed by atoms with Crippen LogP contribution in [0.3, 0.4) is 0 Å². The highest BCUT2D eigenvalue weighted by Gasteiger charge is 2.24. The summed E-state index contributed by atoms with van der Waals surface area (Å²) >= 11 is 0. The van der Waals surface area contributed by atoms with Crippen LogP contribution in [-0.2, 0) is 11.2 Å². The number of benzene rings is 1. The van der Waals surface area contributed by atoms with Gasteiger partial charge in [0.15, 0.2) is 0 Å². The molecular formula is C15H23NO2. The van der Waals surface area contributed by atoms with E-state index in [1.165, 1.54) is 5.56 Å².